The van der Waals surface area contributed by atoms with Gasteiger partial charge in [-0.3, -0.25) is 9.59 Å². The Morgan fingerprint density at radius 2 is 2.10 bits per heavy atom. The van der Waals surface area contributed by atoms with Crippen LogP contribution in [0, 0.1) is 17.8 Å². The molecule has 3 N–H and O–H groups in total. The monoisotopic (exact) mass is 282 g/mol. The van der Waals surface area contributed by atoms with Gasteiger partial charge in [-0.1, -0.05) is 6.92 Å². The Kier molecular flexibility index (Phi) is 5.02. The molecule has 2 aliphatic rings. The molecule has 5 heteroatoms. The maximum Gasteiger partial charge on any atom is 0.303 e. The number of piperidine rings is 1. The molecule has 5 nitrogen and oxygen atoms in total. The Morgan fingerprint density at radius 1 is 1.35 bits per heavy atom. The highest BCUT2D eigenvalue weighted by Crippen LogP contribution is 2.30. The zero-order valence-electron chi connectivity index (χ0n) is 12.3. The van der Waals surface area contributed by atoms with Gasteiger partial charge < -0.3 is 15.7 Å². The van der Waals surface area contributed by atoms with Crippen molar-refractivity contribution in [3.05, 3.63) is 0 Å². The molecule has 20 heavy (non-hydrogen) atoms. The molecular formula is C15H26N2O3. The van der Waals surface area contributed by atoms with Gasteiger partial charge in [0.05, 0.1) is 0 Å². The van der Waals surface area contributed by atoms with Gasteiger partial charge in [0.1, 0.15) is 0 Å². The van der Waals surface area contributed by atoms with E-state index in [1.807, 2.05) is 11.8 Å². The van der Waals surface area contributed by atoms with Gasteiger partial charge in [-0.2, -0.15) is 0 Å². The van der Waals surface area contributed by atoms with E-state index in [1.54, 1.807) is 0 Å². The van der Waals surface area contributed by atoms with Crippen LogP contribution in [0.3, 0.4) is 0 Å². The Balaban J connectivity index is 1.89. The van der Waals surface area contributed by atoms with Crippen molar-refractivity contribution in [3.63, 3.8) is 0 Å². The van der Waals surface area contributed by atoms with Gasteiger partial charge in [0.25, 0.3) is 0 Å². The topological polar surface area (TPSA) is 83.6 Å². The summed E-state index contributed by atoms with van der Waals surface area (Å²) in [5.41, 5.74) is 5.89. The molecule has 0 aromatic heterocycles. The number of amides is 1. The van der Waals surface area contributed by atoms with Crippen LogP contribution in [0.5, 0.6) is 0 Å². The summed E-state index contributed by atoms with van der Waals surface area (Å²) in [6.45, 7) is 3.53. The Bertz CT molecular complexity index is 372. The largest absolute Gasteiger partial charge is 0.481 e. The lowest BCUT2D eigenvalue weighted by molar-refractivity contribution is -0.139. The molecule has 0 bridgehead atoms. The lowest BCUT2D eigenvalue weighted by atomic mass is 9.84. The molecule has 2 rings (SSSR count). The summed E-state index contributed by atoms with van der Waals surface area (Å²) in [5.74, 6) is 0.0410. The fraction of sp³-hybridized carbons (Fsp3) is 0.867. The molecule has 0 aromatic rings. The first-order chi connectivity index (χ1) is 9.47. The smallest absolute Gasteiger partial charge is 0.303 e. The number of hydrogen-bond acceptors (Lipinski definition) is 3. The second-order valence-corrected chi connectivity index (χ2v) is 6.53. The Labute approximate surface area is 120 Å². The maximum absolute atomic E-state index is 12.5. The number of nitrogens with two attached hydrogens (primary N) is 1. The third-order valence-electron chi connectivity index (χ3n) is 4.89. The Hall–Kier alpha value is -1.10. The van der Waals surface area contributed by atoms with E-state index >= 15 is 0 Å². The second kappa shape index (κ2) is 6.57. The van der Waals surface area contributed by atoms with E-state index in [0.717, 1.165) is 45.2 Å². The molecule has 1 saturated heterocycles. The zero-order chi connectivity index (χ0) is 14.7. The summed E-state index contributed by atoms with van der Waals surface area (Å²) in [6.07, 6.45) is 4.88. The second-order valence-electron chi connectivity index (χ2n) is 6.53. The van der Waals surface area contributed by atoms with E-state index in [0.29, 0.717) is 5.92 Å². The standard InChI is InChI=1S/C15H26N2O3/c1-10(7-14(18)19)12-3-2-6-17(9-12)15(20)11-4-5-13(16)8-11/h10-13H,2-9,16H2,1H3,(H,18,19). The first kappa shape index (κ1) is 15.3. The van der Waals surface area contributed by atoms with Crippen LogP contribution in [0.1, 0.15) is 45.4 Å². The van der Waals surface area contributed by atoms with Crippen molar-refractivity contribution >= 4 is 11.9 Å². The minimum absolute atomic E-state index is 0.0959. The molecule has 1 amide bonds. The zero-order valence-corrected chi connectivity index (χ0v) is 12.3. The molecule has 1 aliphatic carbocycles. The summed E-state index contributed by atoms with van der Waals surface area (Å²) < 4.78 is 0. The molecule has 0 spiro atoms. The van der Waals surface area contributed by atoms with Gasteiger partial charge in [0.2, 0.25) is 5.91 Å². The highest BCUT2D eigenvalue weighted by molar-refractivity contribution is 5.79. The van der Waals surface area contributed by atoms with Crippen molar-refractivity contribution in [2.75, 3.05) is 13.1 Å². The number of likely N-dealkylation sites (tertiary alicyclic amines) is 1. The predicted molar refractivity (Wildman–Crippen MR) is 76.0 cm³/mol. The fourth-order valence-corrected chi connectivity index (χ4v) is 3.62. The summed E-state index contributed by atoms with van der Waals surface area (Å²) >= 11 is 0. The molecule has 1 heterocycles. The van der Waals surface area contributed by atoms with E-state index in [4.69, 9.17) is 10.8 Å². The highest BCUT2D eigenvalue weighted by Gasteiger charge is 2.34. The van der Waals surface area contributed by atoms with Gasteiger partial charge in [-0.15, -0.1) is 0 Å². The van der Waals surface area contributed by atoms with Crippen molar-refractivity contribution in [2.24, 2.45) is 23.5 Å². The van der Waals surface area contributed by atoms with Crippen molar-refractivity contribution in [1.29, 1.82) is 0 Å². The number of aliphatic carboxylic acids is 1. The third kappa shape index (κ3) is 3.72. The van der Waals surface area contributed by atoms with Crippen LogP contribution in [0.25, 0.3) is 0 Å². The van der Waals surface area contributed by atoms with Crippen LogP contribution in [-0.4, -0.2) is 41.0 Å². The van der Waals surface area contributed by atoms with Crippen LogP contribution >= 0.6 is 0 Å². The quantitative estimate of drug-likeness (QED) is 0.817. The first-order valence-corrected chi connectivity index (χ1v) is 7.73. The normalized spacial score (nSPS) is 32.1. The van der Waals surface area contributed by atoms with E-state index in [1.165, 1.54) is 0 Å². The average Bonchev–Trinajstić information content (AvgIpc) is 2.84. The number of carboxylic acid groups (broad SMARTS) is 1. The van der Waals surface area contributed by atoms with E-state index < -0.39 is 5.97 Å². The van der Waals surface area contributed by atoms with Crippen LogP contribution in [0.4, 0.5) is 0 Å². The fourth-order valence-electron chi connectivity index (χ4n) is 3.62. The molecule has 2 fully saturated rings. The minimum atomic E-state index is -0.747. The highest BCUT2D eigenvalue weighted by atomic mass is 16.4. The molecule has 1 saturated carbocycles. The van der Waals surface area contributed by atoms with Crippen molar-refractivity contribution < 1.29 is 14.7 Å². The molecule has 0 aromatic carbocycles. The van der Waals surface area contributed by atoms with E-state index in [-0.39, 0.29) is 30.2 Å². The van der Waals surface area contributed by atoms with E-state index in [2.05, 4.69) is 0 Å². The van der Waals surface area contributed by atoms with Crippen LogP contribution in [0.15, 0.2) is 0 Å². The number of nitrogens with zero attached hydrogens (tertiary/aromatic N) is 1. The maximum atomic E-state index is 12.5. The SMILES string of the molecule is CC(CC(=O)O)C1CCCN(C(=O)C2CCC(N)C2)C1. The van der Waals surface area contributed by atoms with Crippen molar-refractivity contribution in [3.8, 4) is 0 Å². The number of rotatable bonds is 4. The lowest BCUT2D eigenvalue weighted by Crippen LogP contribution is -2.44. The van der Waals surface area contributed by atoms with Gasteiger partial charge in [0, 0.05) is 31.5 Å². The van der Waals surface area contributed by atoms with Gasteiger partial charge in [-0.25, -0.2) is 0 Å². The molecular weight excluding hydrogens is 256 g/mol. The van der Waals surface area contributed by atoms with Gasteiger partial charge in [0.15, 0.2) is 0 Å². The number of carbonyl (C=O) groups is 2. The van der Waals surface area contributed by atoms with Crippen molar-refractivity contribution in [2.45, 2.75) is 51.5 Å². The van der Waals surface area contributed by atoms with E-state index in [9.17, 15) is 9.59 Å². The summed E-state index contributed by atoms with van der Waals surface area (Å²) in [4.78, 5) is 25.3. The van der Waals surface area contributed by atoms with Crippen LogP contribution < -0.4 is 5.73 Å². The molecule has 4 unspecified atom stereocenters. The third-order valence-corrected chi connectivity index (χ3v) is 4.89. The molecule has 1 aliphatic heterocycles. The summed E-state index contributed by atoms with van der Waals surface area (Å²) in [7, 11) is 0. The van der Waals surface area contributed by atoms with Crippen LogP contribution in [-0.2, 0) is 9.59 Å². The van der Waals surface area contributed by atoms with Crippen molar-refractivity contribution in [1.82, 2.24) is 4.90 Å². The Morgan fingerprint density at radius 3 is 2.70 bits per heavy atom. The average molecular weight is 282 g/mol. The summed E-state index contributed by atoms with van der Waals surface area (Å²) in [5, 5.41) is 8.90. The first-order valence-electron chi connectivity index (χ1n) is 7.73. The van der Waals surface area contributed by atoms with Crippen LogP contribution in [0.2, 0.25) is 0 Å². The number of carbonyl (C=O) groups excluding carboxylic acids is 1. The predicted octanol–water partition coefficient (Wildman–Crippen LogP) is 1.46. The van der Waals surface area contributed by atoms with Gasteiger partial charge in [-0.05, 0) is 43.9 Å². The molecule has 0 radical (unpaired) electrons. The minimum Gasteiger partial charge on any atom is -0.481 e. The molecule has 4 atom stereocenters. The number of hydrogen-bond donors (Lipinski definition) is 2. The summed E-state index contributed by atoms with van der Waals surface area (Å²) in [6, 6.07) is 0.176. The number of carboxylic acids is 1. The molecule has 114 valence electrons. The lowest BCUT2D eigenvalue weighted by Gasteiger charge is -2.36. The van der Waals surface area contributed by atoms with Gasteiger partial charge >= 0.3 is 5.97 Å².